The molecule has 7 heteroatoms. The number of hydrogen-bond acceptors (Lipinski definition) is 2. The van der Waals surface area contributed by atoms with E-state index >= 15 is 0 Å². The van der Waals surface area contributed by atoms with Crippen molar-refractivity contribution in [3.05, 3.63) is 28.2 Å². The summed E-state index contributed by atoms with van der Waals surface area (Å²) in [4.78, 5) is 24.6. The van der Waals surface area contributed by atoms with E-state index < -0.39 is 11.9 Å². The van der Waals surface area contributed by atoms with E-state index in [-0.39, 0.29) is 18.5 Å². The smallest absolute Gasteiger partial charge is 0.321 e. The van der Waals surface area contributed by atoms with Gasteiger partial charge in [-0.1, -0.05) is 30.1 Å². The first kappa shape index (κ1) is 14.9. The van der Waals surface area contributed by atoms with Gasteiger partial charge in [-0.2, -0.15) is 0 Å². The third kappa shape index (κ3) is 3.16. The normalized spacial score (nSPS) is 21.9. The Kier molecular flexibility index (Phi) is 4.40. The number of anilines is 1. The van der Waals surface area contributed by atoms with Gasteiger partial charge >= 0.3 is 12.0 Å². The number of aliphatic carboxylic acids is 1. The van der Waals surface area contributed by atoms with Crippen molar-refractivity contribution in [3.63, 3.8) is 0 Å². The molecule has 1 fully saturated rings. The lowest BCUT2D eigenvalue weighted by Crippen LogP contribution is -2.33. The van der Waals surface area contributed by atoms with Crippen LogP contribution < -0.4 is 5.32 Å². The van der Waals surface area contributed by atoms with Crippen molar-refractivity contribution >= 4 is 40.9 Å². The van der Waals surface area contributed by atoms with Crippen molar-refractivity contribution in [2.45, 2.75) is 6.92 Å². The van der Waals surface area contributed by atoms with Crippen LogP contribution in [0.1, 0.15) is 6.92 Å². The largest absolute Gasteiger partial charge is 0.481 e. The van der Waals surface area contributed by atoms with E-state index in [4.69, 9.17) is 28.3 Å². The maximum absolute atomic E-state index is 12.1. The Morgan fingerprint density at radius 1 is 1.35 bits per heavy atom. The molecular weight excluding hydrogens is 303 g/mol. The van der Waals surface area contributed by atoms with Crippen LogP contribution in [0, 0.1) is 11.8 Å². The highest BCUT2D eigenvalue weighted by Crippen LogP contribution is 2.27. The molecule has 0 radical (unpaired) electrons. The second-order valence-corrected chi connectivity index (χ2v) is 5.72. The van der Waals surface area contributed by atoms with Crippen molar-refractivity contribution < 1.29 is 14.7 Å². The average molecular weight is 317 g/mol. The van der Waals surface area contributed by atoms with Crippen LogP contribution in [0.3, 0.4) is 0 Å². The topological polar surface area (TPSA) is 69.6 Å². The molecule has 20 heavy (non-hydrogen) atoms. The molecule has 1 aliphatic rings. The first-order chi connectivity index (χ1) is 9.38. The maximum Gasteiger partial charge on any atom is 0.321 e. The highest BCUT2D eigenvalue weighted by atomic mass is 35.5. The van der Waals surface area contributed by atoms with Gasteiger partial charge in [0.25, 0.3) is 0 Å². The third-order valence-corrected chi connectivity index (χ3v) is 3.95. The Morgan fingerprint density at radius 3 is 2.65 bits per heavy atom. The van der Waals surface area contributed by atoms with Crippen LogP contribution in [-0.2, 0) is 4.79 Å². The molecule has 2 rings (SSSR count). The zero-order chi connectivity index (χ0) is 14.9. The van der Waals surface area contributed by atoms with Crippen LogP contribution in [-0.4, -0.2) is 35.1 Å². The zero-order valence-electron chi connectivity index (χ0n) is 10.8. The molecule has 0 saturated carbocycles. The number of carboxylic acid groups (broad SMARTS) is 1. The fraction of sp³-hybridized carbons (Fsp3) is 0.385. The van der Waals surface area contributed by atoms with E-state index in [1.54, 1.807) is 18.2 Å². The van der Waals surface area contributed by atoms with Gasteiger partial charge in [0.2, 0.25) is 0 Å². The standard InChI is InChI=1S/C13H14Cl2N2O3/c1-7-5-17(6-9(7)12(18)19)13(20)16-11-4-8(14)2-3-10(11)15/h2-4,7,9H,5-6H2,1H3,(H,16,20)(H,18,19)/t7-,9-/m1/s1. The Bertz CT molecular complexity index is 550. The van der Waals surface area contributed by atoms with E-state index in [1.165, 1.54) is 4.90 Å². The van der Waals surface area contributed by atoms with Gasteiger partial charge in [0.15, 0.2) is 0 Å². The molecule has 0 aromatic heterocycles. The van der Waals surface area contributed by atoms with Gasteiger partial charge in [0.1, 0.15) is 0 Å². The summed E-state index contributed by atoms with van der Waals surface area (Å²) in [5.74, 6) is -1.49. The quantitative estimate of drug-likeness (QED) is 0.880. The number of likely N-dealkylation sites (tertiary alicyclic amines) is 1. The first-order valence-corrected chi connectivity index (χ1v) is 6.88. The Labute approximate surface area is 126 Å². The molecule has 0 unspecified atom stereocenters. The summed E-state index contributed by atoms with van der Waals surface area (Å²) >= 11 is 11.8. The minimum atomic E-state index is -0.881. The highest BCUT2D eigenvalue weighted by Gasteiger charge is 2.37. The number of halogens is 2. The number of hydrogen-bond donors (Lipinski definition) is 2. The molecule has 5 nitrogen and oxygen atoms in total. The minimum Gasteiger partial charge on any atom is -0.481 e. The second-order valence-electron chi connectivity index (χ2n) is 4.88. The first-order valence-electron chi connectivity index (χ1n) is 6.12. The predicted molar refractivity (Wildman–Crippen MR) is 77.3 cm³/mol. The number of nitrogens with zero attached hydrogens (tertiary/aromatic N) is 1. The summed E-state index contributed by atoms with van der Waals surface area (Å²) in [7, 11) is 0. The van der Waals surface area contributed by atoms with E-state index in [9.17, 15) is 9.59 Å². The molecule has 2 atom stereocenters. The SMILES string of the molecule is C[C@@H]1CN(C(=O)Nc2cc(Cl)ccc2Cl)C[C@H]1C(=O)O. The fourth-order valence-corrected chi connectivity index (χ4v) is 2.58. The van der Waals surface area contributed by atoms with Gasteiger partial charge in [-0.05, 0) is 24.1 Å². The molecule has 1 heterocycles. The number of carbonyl (C=O) groups excluding carboxylic acids is 1. The number of benzene rings is 1. The van der Waals surface area contributed by atoms with E-state index in [1.807, 2.05) is 6.92 Å². The lowest BCUT2D eigenvalue weighted by atomic mass is 9.99. The van der Waals surface area contributed by atoms with Crippen molar-refractivity contribution in [2.75, 3.05) is 18.4 Å². The number of rotatable bonds is 2. The summed E-state index contributed by atoms with van der Waals surface area (Å²) in [5.41, 5.74) is 0.413. The summed E-state index contributed by atoms with van der Waals surface area (Å²) < 4.78 is 0. The Morgan fingerprint density at radius 2 is 2.05 bits per heavy atom. The number of amides is 2. The monoisotopic (exact) mass is 316 g/mol. The Balaban J connectivity index is 2.06. The molecule has 2 amide bonds. The van der Waals surface area contributed by atoms with Gasteiger partial charge < -0.3 is 15.3 Å². The fourth-order valence-electron chi connectivity index (χ4n) is 2.24. The Hall–Kier alpha value is -1.46. The molecule has 2 N–H and O–H groups in total. The predicted octanol–water partition coefficient (Wildman–Crippen LogP) is 3.18. The summed E-state index contributed by atoms with van der Waals surface area (Å²) in [6.45, 7) is 2.42. The highest BCUT2D eigenvalue weighted by molar-refractivity contribution is 6.35. The molecule has 1 aromatic carbocycles. The van der Waals surface area contributed by atoms with Crippen LogP contribution in [0.25, 0.3) is 0 Å². The minimum absolute atomic E-state index is 0.0758. The van der Waals surface area contributed by atoms with Gasteiger partial charge in [-0.3, -0.25) is 4.79 Å². The molecule has 0 aliphatic carbocycles. The number of urea groups is 1. The van der Waals surface area contributed by atoms with Crippen LogP contribution >= 0.6 is 23.2 Å². The van der Waals surface area contributed by atoms with E-state index in [2.05, 4.69) is 5.32 Å². The maximum atomic E-state index is 12.1. The third-order valence-electron chi connectivity index (χ3n) is 3.39. The number of nitrogens with one attached hydrogen (secondary N) is 1. The molecule has 0 spiro atoms. The van der Waals surface area contributed by atoms with Gasteiger partial charge in [-0.25, -0.2) is 4.79 Å². The van der Waals surface area contributed by atoms with Crippen molar-refractivity contribution in [3.8, 4) is 0 Å². The van der Waals surface area contributed by atoms with Crippen LogP contribution in [0.15, 0.2) is 18.2 Å². The molecule has 108 valence electrons. The van der Waals surface area contributed by atoms with E-state index in [0.29, 0.717) is 22.3 Å². The summed E-state index contributed by atoms with van der Waals surface area (Å²) in [6, 6.07) is 4.39. The lowest BCUT2D eigenvalue weighted by Gasteiger charge is -2.17. The van der Waals surface area contributed by atoms with Crippen molar-refractivity contribution in [2.24, 2.45) is 11.8 Å². The van der Waals surface area contributed by atoms with Crippen molar-refractivity contribution in [1.29, 1.82) is 0 Å². The van der Waals surface area contributed by atoms with E-state index in [0.717, 1.165) is 0 Å². The van der Waals surface area contributed by atoms with Crippen LogP contribution in [0.5, 0.6) is 0 Å². The molecule has 0 bridgehead atoms. The van der Waals surface area contributed by atoms with Crippen LogP contribution in [0.4, 0.5) is 10.5 Å². The van der Waals surface area contributed by atoms with Gasteiger partial charge in [0.05, 0.1) is 16.6 Å². The molecule has 1 aliphatic heterocycles. The summed E-state index contributed by atoms with van der Waals surface area (Å²) in [6.07, 6.45) is 0. The molecular formula is C13H14Cl2N2O3. The lowest BCUT2D eigenvalue weighted by molar-refractivity contribution is -0.142. The van der Waals surface area contributed by atoms with Crippen LogP contribution in [0.2, 0.25) is 10.0 Å². The van der Waals surface area contributed by atoms with Gasteiger partial charge in [0, 0.05) is 18.1 Å². The average Bonchev–Trinajstić information content (AvgIpc) is 2.76. The summed E-state index contributed by atoms with van der Waals surface area (Å²) in [5, 5.41) is 12.5. The van der Waals surface area contributed by atoms with Crippen molar-refractivity contribution in [1.82, 2.24) is 4.90 Å². The molecule has 1 saturated heterocycles. The zero-order valence-corrected chi connectivity index (χ0v) is 12.3. The second kappa shape index (κ2) is 5.89. The number of carbonyl (C=O) groups is 2. The number of carboxylic acids is 1. The molecule has 1 aromatic rings. The van der Waals surface area contributed by atoms with Gasteiger partial charge in [-0.15, -0.1) is 0 Å².